The van der Waals surface area contributed by atoms with Crippen LogP contribution >= 0.6 is 11.6 Å². The van der Waals surface area contributed by atoms with Crippen molar-refractivity contribution < 1.29 is 14.6 Å². The van der Waals surface area contributed by atoms with Crippen LogP contribution in [0.1, 0.15) is 48.8 Å². The van der Waals surface area contributed by atoms with E-state index in [9.17, 15) is 9.90 Å². The van der Waals surface area contributed by atoms with Gasteiger partial charge in [-0.05, 0) is 61.9 Å². The molecule has 2 aliphatic rings. The van der Waals surface area contributed by atoms with E-state index in [0.29, 0.717) is 23.7 Å². The summed E-state index contributed by atoms with van der Waals surface area (Å²) in [7, 11) is 0. The summed E-state index contributed by atoms with van der Waals surface area (Å²) in [5.41, 5.74) is 1.97. The number of nitrogens with zero attached hydrogens (tertiary/aromatic N) is 4. The zero-order chi connectivity index (χ0) is 22.1. The molecule has 1 aromatic carbocycles. The molecule has 1 saturated carbocycles. The first-order chi connectivity index (χ1) is 15.6. The van der Waals surface area contributed by atoms with Gasteiger partial charge in [0.2, 0.25) is 5.88 Å². The number of amides is 1. The summed E-state index contributed by atoms with van der Waals surface area (Å²) in [6, 6.07) is 11.1. The highest BCUT2D eigenvalue weighted by molar-refractivity contribution is 6.30. The highest BCUT2D eigenvalue weighted by atomic mass is 35.5. The Bertz CT molecular complexity index is 1110. The minimum atomic E-state index is -1.04. The van der Waals surface area contributed by atoms with Gasteiger partial charge in [0.1, 0.15) is 17.8 Å². The summed E-state index contributed by atoms with van der Waals surface area (Å²) < 4.78 is 8.15. The molecule has 2 aromatic heterocycles. The molecule has 5 rings (SSSR count). The van der Waals surface area contributed by atoms with E-state index in [1.807, 2.05) is 36.4 Å². The lowest BCUT2D eigenvalue weighted by Gasteiger charge is -2.28. The molecule has 1 aliphatic heterocycles. The van der Waals surface area contributed by atoms with Crippen molar-refractivity contribution in [1.29, 1.82) is 0 Å². The SMILES string of the molecule is O=C(O)NC1Cc2cc(Cl)ccc2-n2c(nnc2[C@H]2CC[C@H](Oc3ccccn3)CC2)C1. The topological polar surface area (TPSA) is 102 Å². The second-order valence-corrected chi connectivity index (χ2v) is 8.83. The van der Waals surface area contributed by atoms with Gasteiger partial charge in [-0.2, -0.15) is 0 Å². The Kier molecular flexibility index (Phi) is 5.70. The molecule has 1 amide bonds. The predicted molar refractivity (Wildman–Crippen MR) is 119 cm³/mol. The first-order valence-corrected chi connectivity index (χ1v) is 11.2. The first kappa shape index (κ1) is 20.8. The van der Waals surface area contributed by atoms with E-state index in [2.05, 4.69) is 25.1 Å². The van der Waals surface area contributed by atoms with Crippen LogP contribution < -0.4 is 10.1 Å². The number of aromatic nitrogens is 4. The molecule has 8 nitrogen and oxygen atoms in total. The van der Waals surface area contributed by atoms with Gasteiger partial charge in [0.05, 0.1) is 5.69 Å². The maximum absolute atomic E-state index is 11.3. The van der Waals surface area contributed by atoms with Crippen molar-refractivity contribution in [3.63, 3.8) is 0 Å². The van der Waals surface area contributed by atoms with Crippen molar-refractivity contribution in [2.24, 2.45) is 0 Å². The fourth-order valence-electron chi connectivity index (χ4n) is 4.79. The fraction of sp³-hybridized carbons (Fsp3) is 0.391. The summed E-state index contributed by atoms with van der Waals surface area (Å²) in [6.07, 6.45) is 5.58. The molecule has 1 aliphatic carbocycles. The monoisotopic (exact) mass is 453 g/mol. The summed E-state index contributed by atoms with van der Waals surface area (Å²) in [6.45, 7) is 0. The number of hydrogen-bond acceptors (Lipinski definition) is 5. The Morgan fingerprint density at radius 3 is 2.72 bits per heavy atom. The third-order valence-corrected chi connectivity index (χ3v) is 6.46. The average molecular weight is 454 g/mol. The minimum absolute atomic E-state index is 0.142. The number of hydrogen-bond donors (Lipinski definition) is 2. The maximum atomic E-state index is 11.3. The average Bonchev–Trinajstić information content (AvgIpc) is 3.11. The molecule has 0 bridgehead atoms. The van der Waals surface area contributed by atoms with E-state index in [-0.39, 0.29) is 18.1 Å². The molecule has 2 N–H and O–H groups in total. The standard InChI is InChI=1S/C23H24ClN5O3/c24-16-6-9-19-15(11-16)12-17(26-23(30)31)13-20-27-28-22(29(19)20)14-4-7-18(8-5-14)32-21-3-1-2-10-25-21/h1-3,6,9-11,14,17-18,26H,4-5,7-8,12-13H2,(H,30,31)/t14-,17?,18-. The third kappa shape index (κ3) is 4.27. The van der Waals surface area contributed by atoms with Crippen LogP contribution in [0.2, 0.25) is 5.02 Å². The van der Waals surface area contributed by atoms with Crippen LogP contribution in [0.5, 0.6) is 5.88 Å². The zero-order valence-corrected chi connectivity index (χ0v) is 18.2. The van der Waals surface area contributed by atoms with Crippen LogP contribution in [0.3, 0.4) is 0 Å². The number of carbonyl (C=O) groups is 1. The van der Waals surface area contributed by atoms with E-state index in [0.717, 1.165) is 48.6 Å². The quantitative estimate of drug-likeness (QED) is 0.615. The van der Waals surface area contributed by atoms with Gasteiger partial charge in [-0.15, -0.1) is 10.2 Å². The van der Waals surface area contributed by atoms with E-state index < -0.39 is 6.09 Å². The minimum Gasteiger partial charge on any atom is -0.474 e. The molecule has 1 atom stereocenters. The van der Waals surface area contributed by atoms with Gasteiger partial charge in [0.25, 0.3) is 0 Å². The third-order valence-electron chi connectivity index (χ3n) is 6.22. The normalized spacial score (nSPS) is 22.3. The van der Waals surface area contributed by atoms with Gasteiger partial charge in [-0.25, -0.2) is 9.78 Å². The molecular formula is C23H24ClN5O3. The first-order valence-electron chi connectivity index (χ1n) is 10.9. The number of benzene rings is 1. The van der Waals surface area contributed by atoms with Gasteiger partial charge in [0, 0.05) is 35.7 Å². The molecule has 1 unspecified atom stereocenters. The number of nitrogens with one attached hydrogen (secondary N) is 1. The molecule has 166 valence electrons. The van der Waals surface area contributed by atoms with Crippen molar-refractivity contribution in [1.82, 2.24) is 25.1 Å². The molecule has 32 heavy (non-hydrogen) atoms. The number of pyridine rings is 1. The molecule has 9 heteroatoms. The lowest BCUT2D eigenvalue weighted by Crippen LogP contribution is -2.36. The van der Waals surface area contributed by atoms with E-state index in [1.54, 1.807) is 6.20 Å². The van der Waals surface area contributed by atoms with E-state index in [1.165, 1.54) is 0 Å². The Morgan fingerprint density at radius 1 is 1.12 bits per heavy atom. The number of halogens is 1. The van der Waals surface area contributed by atoms with E-state index >= 15 is 0 Å². The Hall–Kier alpha value is -3.13. The van der Waals surface area contributed by atoms with Crippen molar-refractivity contribution in [2.75, 3.05) is 0 Å². The number of fused-ring (bicyclic) bond motifs is 3. The smallest absolute Gasteiger partial charge is 0.404 e. The molecular weight excluding hydrogens is 430 g/mol. The molecule has 1 fully saturated rings. The second kappa shape index (κ2) is 8.78. The Morgan fingerprint density at radius 2 is 1.97 bits per heavy atom. The van der Waals surface area contributed by atoms with Crippen LogP contribution in [0.25, 0.3) is 5.69 Å². The Balaban J connectivity index is 1.39. The van der Waals surface area contributed by atoms with Crippen molar-refractivity contribution in [2.45, 2.75) is 56.6 Å². The lowest BCUT2D eigenvalue weighted by molar-refractivity contribution is 0.139. The van der Waals surface area contributed by atoms with Gasteiger partial charge >= 0.3 is 6.09 Å². The second-order valence-electron chi connectivity index (χ2n) is 8.40. The van der Waals surface area contributed by atoms with E-state index in [4.69, 9.17) is 16.3 Å². The Labute approximate surface area is 190 Å². The van der Waals surface area contributed by atoms with Gasteiger partial charge in [-0.3, -0.25) is 4.57 Å². The van der Waals surface area contributed by atoms with Gasteiger partial charge in [0.15, 0.2) is 0 Å². The fourth-order valence-corrected chi connectivity index (χ4v) is 4.98. The summed E-state index contributed by atoms with van der Waals surface area (Å²) in [5.74, 6) is 2.62. The van der Waals surface area contributed by atoms with Gasteiger partial charge < -0.3 is 15.2 Å². The van der Waals surface area contributed by atoms with Crippen LogP contribution in [0, 0.1) is 0 Å². The summed E-state index contributed by atoms with van der Waals surface area (Å²) in [5, 5.41) is 21.5. The number of rotatable bonds is 4. The zero-order valence-electron chi connectivity index (χ0n) is 17.4. The van der Waals surface area contributed by atoms with Crippen LogP contribution in [0.4, 0.5) is 4.79 Å². The summed E-state index contributed by atoms with van der Waals surface area (Å²) >= 11 is 6.26. The van der Waals surface area contributed by atoms with Crippen molar-refractivity contribution in [3.8, 4) is 11.6 Å². The summed E-state index contributed by atoms with van der Waals surface area (Å²) in [4.78, 5) is 15.6. The molecule has 0 spiro atoms. The molecule has 0 radical (unpaired) electrons. The predicted octanol–water partition coefficient (Wildman–Crippen LogP) is 4.16. The van der Waals surface area contributed by atoms with Gasteiger partial charge in [-0.1, -0.05) is 17.7 Å². The number of ether oxygens (including phenoxy) is 1. The van der Waals surface area contributed by atoms with Crippen LogP contribution in [0.15, 0.2) is 42.6 Å². The highest BCUT2D eigenvalue weighted by Crippen LogP contribution is 2.37. The van der Waals surface area contributed by atoms with Crippen molar-refractivity contribution >= 4 is 17.7 Å². The van der Waals surface area contributed by atoms with Crippen LogP contribution in [-0.4, -0.2) is 43.1 Å². The molecule has 0 saturated heterocycles. The largest absolute Gasteiger partial charge is 0.474 e. The molecule has 3 aromatic rings. The molecule has 3 heterocycles. The maximum Gasteiger partial charge on any atom is 0.404 e. The van der Waals surface area contributed by atoms with Crippen LogP contribution in [-0.2, 0) is 12.8 Å². The van der Waals surface area contributed by atoms with Crippen molar-refractivity contribution in [3.05, 3.63) is 64.8 Å². The lowest BCUT2D eigenvalue weighted by atomic mass is 9.86. The highest BCUT2D eigenvalue weighted by Gasteiger charge is 2.32. The number of carboxylic acid groups (broad SMARTS) is 1.